The predicted molar refractivity (Wildman–Crippen MR) is 75.4 cm³/mol. The highest BCUT2D eigenvalue weighted by atomic mass is 16.6. The van der Waals surface area contributed by atoms with E-state index < -0.39 is 10.9 Å². The summed E-state index contributed by atoms with van der Waals surface area (Å²) in [4.78, 5) is 24.8. The van der Waals surface area contributed by atoms with Gasteiger partial charge in [0, 0.05) is 23.9 Å². The molecule has 0 aliphatic rings. The van der Waals surface area contributed by atoms with Gasteiger partial charge in [-0.05, 0) is 30.3 Å². The van der Waals surface area contributed by atoms with Crippen molar-refractivity contribution >= 4 is 23.6 Å². The van der Waals surface area contributed by atoms with Gasteiger partial charge < -0.3 is 10.2 Å². The number of aliphatic imine (C=N–C) groups is 1. The first-order chi connectivity index (χ1) is 9.97. The molecule has 0 saturated carbocycles. The van der Waals surface area contributed by atoms with Gasteiger partial charge >= 0.3 is 5.97 Å². The van der Waals surface area contributed by atoms with Crippen LogP contribution in [0.5, 0.6) is 5.75 Å². The Bertz CT molecular complexity index is 723. The molecule has 0 radical (unpaired) electrons. The molecule has 0 heterocycles. The number of rotatable bonds is 4. The molecule has 0 aromatic heterocycles. The zero-order valence-corrected chi connectivity index (χ0v) is 10.6. The monoisotopic (exact) mass is 286 g/mol. The third-order valence-corrected chi connectivity index (χ3v) is 2.69. The number of benzene rings is 2. The zero-order chi connectivity index (χ0) is 15.4. The van der Waals surface area contributed by atoms with Gasteiger partial charge in [-0.25, -0.2) is 4.79 Å². The summed E-state index contributed by atoms with van der Waals surface area (Å²) in [6.07, 6.45) is 1.28. The van der Waals surface area contributed by atoms with Crippen LogP contribution in [-0.4, -0.2) is 27.3 Å². The number of hydrogen-bond acceptors (Lipinski definition) is 5. The number of carbonyl (C=O) groups is 1. The van der Waals surface area contributed by atoms with Gasteiger partial charge in [0.1, 0.15) is 5.75 Å². The van der Waals surface area contributed by atoms with E-state index in [9.17, 15) is 20.0 Å². The van der Waals surface area contributed by atoms with E-state index in [1.54, 1.807) is 0 Å². The van der Waals surface area contributed by atoms with Crippen molar-refractivity contribution in [1.82, 2.24) is 0 Å². The lowest BCUT2D eigenvalue weighted by atomic mass is 10.2. The summed E-state index contributed by atoms with van der Waals surface area (Å²) in [5.74, 6) is -1.17. The lowest BCUT2D eigenvalue weighted by Gasteiger charge is -1.99. The number of non-ortho nitro benzene ring substituents is 1. The minimum absolute atomic E-state index is 0.132. The molecule has 0 fully saturated rings. The Kier molecular flexibility index (Phi) is 3.94. The van der Waals surface area contributed by atoms with Gasteiger partial charge in [0.25, 0.3) is 5.69 Å². The molecule has 0 atom stereocenters. The van der Waals surface area contributed by atoms with E-state index in [4.69, 9.17) is 5.11 Å². The van der Waals surface area contributed by atoms with Gasteiger partial charge in [-0.15, -0.1) is 0 Å². The molecule has 106 valence electrons. The molecule has 7 nitrogen and oxygen atoms in total. The van der Waals surface area contributed by atoms with Crippen molar-refractivity contribution in [2.45, 2.75) is 0 Å². The van der Waals surface area contributed by atoms with Crippen molar-refractivity contribution in [3.8, 4) is 5.75 Å². The van der Waals surface area contributed by atoms with Crippen molar-refractivity contribution in [2.24, 2.45) is 4.99 Å². The summed E-state index contributed by atoms with van der Waals surface area (Å²) in [6.45, 7) is 0. The lowest BCUT2D eigenvalue weighted by Crippen LogP contribution is -1.94. The van der Waals surface area contributed by atoms with Crippen molar-refractivity contribution in [3.05, 3.63) is 63.7 Å². The lowest BCUT2D eigenvalue weighted by molar-refractivity contribution is -0.384. The Morgan fingerprint density at radius 2 is 1.86 bits per heavy atom. The average Bonchev–Trinajstić information content (AvgIpc) is 2.46. The van der Waals surface area contributed by atoms with E-state index in [1.807, 2.05) is 0 Å². The number of phenols is 1. The Balaban J connectivity index is 2.26. The van der Waals surface area contributed by atoms with Gasteiger partial charge in [-0.1, -0.05) is 0 Å². The van der Waals surface area contributed by atoms with Gasteiger partial charge in [0.15, 0.2) is 0 Å². The maximum absolute atomic E-state index is 10.7. The second-order valence-corrected chi connectivity index (χ2v) is 4.11. The molecular formula is C14H10N2O5. The smallest absolute Gasteiger partial charge is 0.335 e. The van der Waals surface area contributed by atoms with Crippen LogP contribution < -0.4 is 0 Å². The summed E-state index contributed by atoms with van der Waals surface area (Å²) >= 11 is 0. The number of nitro benzene ring substituents is 1. The summed E-state index contributed by atoms with van der Waals surface area (Å²) in [5, 5.41) is 29.1. The van der Waals surface area contributed by atoms with E-state index in [-0.39, 0.29) is 22.6 Å². The van der Waals surface area contributed by atoms with E-state index in [0.717, 1.165) is 0 Å². The molecule has 2 rings (SSSR count). The van der Waals surface area contributed by atoms with Crippen molar-refractivity contribution < 1.29 is 19.9 Å². The van der Waals surface area contributed by atoms with Crippen molar-refractivity contribution in [2.75, 3.05) is 0 Å². The number of carboxylic acids is 1. The number of carboxylic acid groups (broad SMARTS) is 1. The average molecular weight is 286 g/mol. The van der Waals surface area contributed by atoms with Gasteiger partial charge in [-0.2, -0.15) is 0 Å². The second-order valence-electron chi connectivity index (χ2n) is 4.11. The Morgan fingerprint density at radius 1 is 1.19 bits per heavy atom. The second kappa shape index (κ2) is 5.83. The molecule has 0 saturated heterocycles. The van der Waals surface area contributed by atoms with Gasteiger partial charge in [-0.3, -0.25) is 15.1 Å². The molecule has 2 aromatic rings. The predicted octanol–water partition coefficient (Wildman–Crippen LogP) is 2.75. The van der Waals surface area contributed by atoms with E-state index in [0.29, 0.717) is 5.69 Å². The molecule has 21 heavy (non-hydrogen) atoms. The van der Waals surface area contributed by atoms with Crippen LogP contribution in [0.2, 0.25) is 0 Å². The van der Waals surface area contributed by atoms with Gasteiger partial charge in [0.2, 0.25) is 0 Å². The van der Waals surface area contributed by atoms with Gasteiger partial charge in [0.05, 0.1) is 16.2 Å². The van der Waals surface area contributed by atoms with Crippen LogP contribution in [0.1, 0.15) is 15.9 Å². The first-order valence-electron chi connectivity index (χ1n) is 5.82. The molecule has 0 aliphatic carbocycles. The molecule has 0 bridgehead atoms. The van der Waals surface area contributed by atoms with Crippen molar-refractivity contribution in [1.29, 1.82) is 0 Å². The van der Waals surface area contributed by atoms with E-state index >= 15 is 0 Å². The summed E-state index contributed by atoms with van der Waals surface area (Å²) in [5.41, 5.74) is 0.639. The van der Waals surface area contributed by atoms with Crippen molar-refractivity contribution in [3.63, 3.8) is 0 Å². The van der Waals surface area contributed by atoms with E-state index in [1.165, 1.54) is 48.7 Å². The maximum Gasteiger partial charge on any atom is 0.335 e. The minimum atomic E-state index is -1.04. The molecular weight excluding hydrogens is 276 g/mol. The number of nitrogens with zero attached hydrogens (tertiary/aromatic N) is 2. The summed E-state index contributed by atoms with van der Waals surface area (Å²) in [6, 6.07) is 9.37. The highest BCUT2D eigenvalue weighted by Gasteiger charge is 2.08. The molecule has 0 unspecified atom stereocenters. The van der Waals surface area contributed by atoms with Crippen LogP contribution in [0.4, 0.5) is 11.4 Å². The maximum atomic E-state index is 10.7. The van der Waals surface area contributed by atoms with Crippen LogP contribution in [-0.2, 0) is 0 Å². The van der Waals surface area contributed by atoms with Crippen LogP contribution >= 0.6 is 0 Å². The van der Waals surface area contributed by atoms with Crippen LogP contribution in [0, 0.1) is 10.1 Å². The Morgan fingerprint density at radius 3 is 2.43 bits per heavy atom. The first kappa shape index (κ1) is 14.2. The molecule has 2 aromatic carbocycles. The third kappa shape index (κ3) is 3.41. The highest BCUT2D eigenvalue weighted by Crippen LogP contribution is 2.22. The number of phenolic OH excluding ortho intramolecular Hbond substituents is 1. The quantitative estimate of drug-likeness (QED) is 0.509. The fraction of sp³-hybridized carbons (Fsp3) is 0. The number of nitro groups is 1. The number of hydrogen-bond donors (Lipinski definition) is 2. The first-order valence-corrected chi connectivity index (χ1v) is 5.82. The molecule has 0 amide bonds. The number of aromatic carboxylic acids is 1. The Labute approximate surface area is 119 Å². The normalized spacial score (nSPS) is 10.7. The fourth-order valence-corrected chi connectivity index (χ4v) is 1.59. The zero-order valence-electron chi connectivity index (χ0n) is 10.6. The topological polar surface area (TPSA) is 113 Å². The molecule has 2 N–H and O–H groups in total. The standard InChI is InChI=1S/C14H10N2O5/c17-13-6-5-12(16(20)21)7-10(13)8-15-11-3-1-9(2-4-11)14(18)19/h1-8,17H,(H,18,19). The van der Waals surface area contributed by atoms with Crippen LogP contribution in [0.3, 0.4) is 0 Å². The van der Waals surface area contributed by atoms with E-state index in [2.05, 4.69) is 4.99 Å². The fourth-order valence-electron chi connectivity index (χ4n) is 1.59. The third-order valence-electron chi connectivity index (χ3n) is 2.69. The number of aromatic hydroxyl groups is 1. The highest BCUT2D eigenvalue weighted by molar-refractivity contribution is 5.89. The van der Waals surface area contributed by atoms with Crippen LogP contribution in [0.25, 0.3) is 0 Å². The summed E-state index contributed by atoms with van der Waals surface area (Å²) < 4.78 is 0. The largest absolute Gasteiger partial charge is 0.507 e. The molecule has 0 aliphatic heterocycles. The minimum Gasteiger partial charge on any atom is -0.507 e. The van der Waals surface area contributed by atoms with Crippen LogP contribution in [0.15, 0.2) is 47.5 Å². The molecule has 0 spiro atoms. The summed E-state index contributed by atoms with van der Waals surface area (Å²) in [7, 11) is 0. The SMILES string of the molecule is O=C(O)c1ccc(N=Cc2cc([N+](=O)[O-])ccc2O)cc1. The Hall–Kier alpha value is -3.22. The molecule has 7 heteroatoms.